The molecule has 8 nitrogen and oxygen atoms in total. The number of nitrogens with one attached hydrogen (secondary N) is 1. The molecule has 0 radical (unpaired) electrons. The maximum atomic E-state index is 12.6. The topological polar surface area (TPSA) is 105 Å². The highest BCUT2D eigenvalue weighted by Gasteiger charge is 2.33. The molecule has 0 bridgehead atoms. The van der Waals surface area contributed by atoms with Gasteiger partial charge in [-0.1, -0.05) is 26.0 Å². The summed E-state index contributed by atoms with van der Waals surface area (Å²) in [7, 11) is -3.45. The molecule has 2 heterocycles. The molecular weight excluding hydrogens is 462 g/mol. The number of thioether (sulfide) groups is 1. The van der Waals surface area contributed by atoms with E-state index in [2.05, 4.69) is 23.6 Å². The lowest BCUT2D eigenvalue weighted by Crippen LogP contribution is -2.35. The molecule has 10 heteroatoms. The van der Waals surface area contributed by atoms with Crippen molar-refractivity contribution >= 4 is 50.2 Å². The Morgan fingerprint density at radius 2 is 1.91 bits per heavy atom. The fourth-order valence-electron chi connectivity index (χ4n) is 3.51. The summed E-state index contributed by atoms with van der Waals surface area (Å²) in [6.07, 6.45) is 0.0407. The SMILES string of the molecule is CC[C@@H](C)c1ccc(NC(=O)[C@H](C)OC(=O)c2ccc3c(c2)SC2=NS(=O)(=O)CCN23)cc1. The summed E-state index contributed by atoms with van der Waals surface area (Å²) in [5.41, 5.74) is 2.92. The zero-order valence-electron chi connectivity index (χ0n) is 18.6. The zero-order valence-corrected chi connectivity index (χ0v) is 20.2. The monoisotopic (exact) mass is 487 g/mol. The first kappa shape index (κ1) is 23.3. The quantitative estimate of drug-likeness (QED) is 0.614. The van der Waals surface area contributed by atoms with Gasteiger partial charge in [-0.25, -0.2) is 13.2 Å². The predicted octanol–water partition coefficient (Wildman–Crippen LogP) is 4.00. The van der Waals surface area contributed by atoms with Crippen molar-refractivity contribution in [2.45, 2.75) is 44.1 Å². The molecule has 33 heavy (non-hydrogen) atoms. The lowest BCUT2D eigenvalue weighted by Gasteiger charge is -2.22. The molecule has 0 unspecified atom stereocenters. The van der Waals surface area contributed by atoms with Crippen LogP contribution in [0.25, 0.3) is 0 Å². The number of carbonyl (C=O) groups excluding carboxylic acids is 2. The maximum absolute atomic E-state index is 12.6. The van der Waals surface area contributed by atoms with Crippen molar-refractivity contribution < 1.29 is 22.7 Å². The second-order valence-corrected chi connectivity index (χ2v) is 10.8. The molecule has 0 saturated carbocycles. The van der Waals surface area contributed by atoms with E-state index in [4.69, 9.17) is 4.74 Å². The summed E-state index contributed by atoms with van der Waals surface area (Å²) < 4.78 is 32.7. The van der Waals surface area contributed by atoms with Gasteiger partial charge in [0.2, 0.25) is 0 Å². The van der Waals surface area contributed by atoms with Gasteiger partial charge in [-0.15, -0.1) is 4.40 Å². The molecule has 0 fully saturated rings. The van der Waals surface area contributed by atoms with Crippen LogP contribution >= 0.6 is 11.8 Å². The van der Waals surface area contributed by atoms with Gasteiger partial charge < -0.3 is 15.0 Å². The van der Waals surface area contributed by atoms with E-state index in [0.29, 0.717) is 23.3 Å². The second kappa shape index (κ2) is 9.18. The molecule has 4 rings (SSSR count). The van der Waals surface area contributed by atoms with Crippen LogP contribution in [0.1, 0.15) is 49.0 Å². The van der Waals surface area contributed by atoms with Crippen molar-refractivity contribution in [1.82, 2.24) is 0 Å². The average molecular weight is 488 g/mol. The lowest BCUT2D eigenvalue weighted by atomic mass is 9.99. The predicted molar refractivity (Wildman–Crippen MR) is 130 cm³/mol. The third kappa shape index (κ3) is 5.06. The normalized spacial score (nSPS) is 17.9. The number of anilines is 2. The van der Waals surface area contributed by atoms with Crippen LogP contribution in [0.2, 0.25) is 0 Å². The number of hydrogen-bond acceptors (Lipinski definition) is 7. The number of ether oxygens (including phenoxy) is 1. The number of benzene rings is 2. The number of esters is 1. The van der Waals surface area contributed by atoms with Gasteiger partial charge in [0.15, 0.2) is 11.3 Å². The van der Waals surface area contributed by atoms with E-state index in [1.807, 2.05) is 29.2 Å². The minimum absolute atomic E-state index is 0.0483. The largest absolute Gasteiger partial charge is 0.449 e. The molecule has 174 valence electrons. The molecular formula is C23H25N3O5S2. The highest BCUT2D eigenvalue weighted by atomic mass is 32.2. The van der Waals surface area contributed by atoms with E-state index in [-0.39, 0.29) is 11.3 Å². The summed E-state index contributed by atoms with van der Waals surface area (Å²) in [5.74, 6) is -0.662. The van der Waals surface area contributed by atoms with E-state index >= 15 is 0 Å². The van der Waals surface area contributed by atoms with E-state index in [1.165, 1.54) is 24.2 Å². The van der Waals surface area contributed by atoms with Crippen molar-refractivity contribution in [3.8, 4) is 0 Å². The molecule has 1 N–H and O–H groups in total. The van der Waals surface area contributed by atoms with Gasteiger partial charge in [0, 0.05) is 17.1 Å². The Hall–Kier alpha value is -2.85. The number of amides is 1. The third-order valence-electron chi connectivity index (χ3n) is 5.72. The van der Waals surface area contributed by atoms with Crippen LogP contribution in [0.15, 0.2) is 51.8 Å². The molecule has 2 aliphatic rings. The first-order chi connectivity index (χ1) is 15.7. The Bertz CT molecular complexity index is 1230. The second-order valence-electron chi connectivity index (χ2n) is 8.06. The number of carbonyl (C=O) groups is 2. The van der Waals surface area contributed by atoms with Crippen LogP contribution in [-0.2, 0) is 19.6 Å². The summed E-state index contributed by atoms with van der Waals surface area (Å²) >= 11 is 1.20. The van der Waals surface area contributed by atoms with Gasteiger partial charge in [-0.05, 0) is 66.9 Å². The Morgan fingerprint density at radius 3 is 2.61 bits per heavy atom. The first-order valence-electron chi connectivity index (χ1n) is 10.7. The van der Waals surface area contributed by atoms with Gasteiger partial charge in [0.05, 0.1) is 17.0 Å². The van der Waals surface area contributed by atoms with Crippen molar-refractivity contribution in [2.24, 2.45) is 4.40 Å². The number of nitrogens with zero attached hydrogens (tertiary/aromatic N) is 2. The number of sulfonamides is 1. The fourth-order valence-corrected chi connectivity index (χ4v) is 5.81. The van der Waals surface area contributed by atoms with Crippen LogP contribution in [0, 0.1) is 0 Å². The third-order valence-corrected chi connectivity index (χ3v) is 8.03. The Labute approximate surface area is 197 Å². The van der Waals surface area contributed by atoms with E-state index in [1.54, 1.807) is 18.2 Å². The first-order valence-corrected chi connectivity index (χ1v) is 13.1. The van der Waals surface area contributed by atoms with Crippen LogP contribution in [-0.4, -0.2) is 43.9 Å². The van der Waals surface area contributed by atoms with Crippen molar-refractivity contribution in [1.29, 1.82) is 0 Å². The number of amidine groups is 1. The molecule has 2 aromatic rings. The summed E-state index contributed by atoms with van der Waals surface area (Å²) in [6, 6.07) is 12.6. The van der Waals surface area contributed by atoms with Crippen molar-refractivity contribution in [2.75, 3.05) is 22.5 Å². The molecule has 2 aromatic carbocycles. The highest BCUT2D eigenvalue weighted by Crippen LogP contribution is 2.42. The Kier molecular flexibility index (Phi) is 6.49. The molecule has 0 aromatic heterocycles. The van der Waals surface area contributed by atoms with Gasteiger partial charge in [-0.3, -0.25) is 4.79 Å². The molecule has 0 spiro atoms. The summed E-state index contributed by atoms with van der Waals surface area (Å²) in [6.45, 7) is 6.11. The smallest absolute Gasteiger partial charge is 0.338 e. The van der Waals surface area contributed by atoms with Crippen LogP contribution < -0.4 is 10.2 Å². The van der Waals surface area contributed by atoms with E-state index in [0.717, 1.165) is 17.0 Å². The Morgan fingerprint density at radius 1 is 1.18 bits per heavy atom. The number of hydrogen-bond donors (Lipinski definition) is 1. The van der Waals surface area contributed by atoms with Crippen LogP contribution in [0.5, 0.6) is 0 Å². The fraction of sp³-hybridized carbons (Fsp3) is 0.348. The summed E-state index contributed by atoms with van der Waals surface area (Å²) in [5, 5.41) is 3.15. The average Bonchev–Trinajstić information content (AvgIpc) is 3.14. The number of fused-ring (bicyclic) bond motifs is 3. The minimum atomic E-state index is -3.45. The van der Waals surface area contributed by atoms with Crippen LogP contribution in [0.4, 0.5) is 11.4 Å². The molecule has 0 aliphatic carbocycles. The van der Waals surface area contributed by atoms with Gasteiger partial charge in [-0.2, -0.15) is 0 Å². The summed E-state index contributed by atoms with van der Waals surface area (Å²) in [4.78, 5) is 27.7. The van der Waals surface area contributed by atoms with Gasteiger partial charge in [0.25, 0.3) is 15.9 Å². The molecule has 1 amide bonds. The number of rotatable bonds is 6. The molecule has 2 atom stereocenters. The van der Waals surface area contributed by atoms with Crippen molar-refractivity contribution in [3.63, 3.8) is 0 Å². The van der Waals surface area contributed by atoms with Crippen LogP contribution in [0.3, 0.4) is 0 Å². The zero-order chi connectivity index (χ0) is 23.8. The van der Waals surface area contributed by atoms with Crippen molar-refractivity contribution in [3.05, 3.63) is 53.6 Å². The van der Waals surface area contributed by atoms with Gasteiger partial charge >= 0.3 is 5.97 Å². The molecule has 2 aliphatic heterocycles. The van der Waals surface area contributed by atoms with E-state index in [9.17, 15) is 18.0 Å². The van der Waals surface area contributed by atoms with E-state index < -0.39 is 28.0 Å². The van der Waals surface area contributed by atoms with Gasteiger partial charge in [0.1, 0.15) is 0 Å². The standard InChI is InChI=1S/C23H25N3O5S2/c1-4-14(2)16-5-8-18(9-6-16)24-21(27)15(3)31-22(28)17-7-10-19-20(13-17)32-23-25-33(29,30)12-11-26(19)23/h5-10,13-15H,4,11-12H2,1-3H3,(H,24,27)/t14-,15+/m1/s1. The highest BCUT2D eigenvalue weighted by molar-refractivity contribution is 8.15. The molecule has 0 saturated heterocycles. The minimum Gasteiger partial charge on any atom is -0.449 e. The Balaban J connectivity index is 1.39. The lowest BCUT2D eigenvalue weighted by molar-refractivity contribution is -0.123. The maximum Gasteiger partial charge on any atom is 0.338 e.